The third kappa shape index (κ3) is 6.73. The Labute approximate surface area is 187 Å². The van der Waals surface area contributed by atoms with Crippen LogP contribution >= 0.6 is 0 Å². The minimum atomic E-state index is -4.00. The predicted molar refractivity (Wildman–Crippen MR) is 112 cm³/mol. The summed E-state index contributed by atoms with van der Waals surface area (Å²) in [5, 5.41) is 5.87. The number of amides is 1. The molecule has 2 aliphatic heterocycles. The topological polar surface area (TPSA) is 79.4 Å². The van der Waals surface area contributed by atoms with Crippen LogP contribution in [0.25, 0.3) is 11.3 Å². The van der Waals surface area contributed by atoms with E-state index in [4.69, 9.17) is 4.74 Å². The number of alkyl halides is 5. The van der Waals surface area contributed by atoms with Gasteiger partial charge in [0, 0.05) is 62.4 Å². The first-order chi connectivity index (χ1) is 15.3. The molecule has 7 nitrogen and oxygen atoms in total. The van der Waals surface area contributed by atoms with Crippen LogP contribution in [0.1, 0.15) is 31.9 Å². The van der Waals surface area contributed by atoms with Crippen molar-refractivity contribution >= 4 is 17.7 Å². The standard InChI is InChI=1S/C19H21F2N5O2.C2H3F3/c1-11-9-26(6-5-22-11)16-8-12(19(2,20)21)7-15(24-16)13-3-4-23-17-14(13)10-28-18(27)25-17;1-2(3,4)5/h3-4,7-8,11,22H,5-6,9-10H2,1-2H3,(H,23,25,27);1H3. The number of rotatable bonds is 3. The molecule has 1 amide bonds. The zero-order valence-corrected chi connectivity index (χ0v) is 18.3. The van der Waals surface area contributed by atoms with Crippen LogP contribution in [0, 0.1) is 0 Å². The third-order valence-electron chi connectivity index (χ3n) is 4.91. The molecule has 33 heavy (non-hydrogen) atoms. The van der Waals surface area contributed by atoms with E-state index in [0.717, 1.165) is 13.5 Å². The number of ether oxygens (including phenoxy) is 1. The Morgan fingerprint density at radius 3 is 2.52 bits per heavy atom. The number of hydrogen-bond donors (Lipinski definition) is 2. The van der Waals surface area contributed by atoms with Crippen LogP contribution in [0.3, 0.4) is 0 Å². The van der Waals surface area contributed by atoms with Gasteiger partial charge in [-0.2, -0.15) is 13.2 Å². The largest absolute Gasteiger partial charge is 0.444 e. The first-order valence-electron chi connectivity index (χ1n) is 10.2. The van der Waals surface area contributed by atoms with Gasteiger partial charge >= 0.3 is 12.3 Å². The lowest BCUT2D eigenvalue weighted by molar-refractivity contribution is -0.110. The first kappa shape index (κ1) is 24.6. The third-order valence-corrected chi connectivity index (χ3v) is 4.91. The lowest BCUT2D eigenvalue weighted by Gasteiger charge is -2.33. The molecule has 0 aliphatic carbocycles. The second-order valence-electron chi connectivity index (χ2n) is 7.96. The predicted octanol–water partition coefficient (Wildman–Crippen LogP) is 4.68. The van der Waals surface area contributed by atoms with E-state index in [-0.39, 0.29) is 25.1 Å². The van der Waals surface area contributed by atoms with Crippen LogP contribution in [-0.4, -0.2) is 47.9 Å². The van der Waals surface area contributed by atoms with Crippen molar-refractivity contribution in [2.24, 2.45) is 0 Å². The lowest BCUT2D eigenvalue weighted by atomic mass is 10.0. The Balaban J connectivity index is 0.000000555. The highest BCUT2D eigenvalue weighted by atomic mass is 19.4. The monoisotopic (exact) mass is 473 g/mol. The van der Waals surface area contributed by atoms with Crippen molar-refractivity contribution in [3.05, 3.63) is 35.5 Å². The smallest absolute Gasteiger partial charge is 0.413 e. The number of carbonyl (C=O) groups excluding carboxylic acids is 1. The maximum absolute atomic E-state index is 14.2. The highest BCUT2D eigenvalue weighted by Gasteiger charge is 2.29. The van der Waals surface area contributed by atoms with Crippen molar-refractivity contribution in [3.63, 3.8) is 0 Å². The van der Waals surface area contributed by atoms with Crippen LogP contribution < -0.4 is 15.5 Å². The summed E-state index contributed by atoms with van der Waals surface area (Å²) in [4.78, 5) is 22.3. The molecule has 0 saturated carbocycles. The first-order valence-corrected chi connectivity index (χ1v) is 10.2. The molecule has 1 fully saturated rings. The Morgan fingerprint density at radius 1 is 1.18 bits per heavy atom. The van der Waals surface area contributed by atoms with Gasteiger partial charge in [-0.15, -0.1) is 0 Å². The van der Waals surface area contributed by atoms with Crippen molar-refractivity contribution in [2.75, 3.05) is 29.9 Å². The van der Waals surface area contributed by atoms with Crippen LogP contribution in [0.4, 0.5) is 38.4 Å². The number of nitrogens with one attached hydrogen (secondary N) is 2. The van der Waals surface area contributed by atoms with Crippen LogP contribution in [-0.2, 0) is 17.3 Å². The molecule has 0 bridgehead atoms. The molecular formula is C21H24F5N5O2. The SMILES string of the molecule is CC(F)(F)F.CC1CN(c2cc(C(C)(F)F)cc(-c3ccnc4c3COC(=O)N4)n2)CCN1. The maximum atomic E-state index is 14.2. The number of anilines is 2. The van der Waals surface area contributed by atoms with Crippen molar-refractivity contribution in [1.82, 2.24) is 15.3 Å². The minimum absolute atomic E-state index is 0.0127. The molecule has 180 valence electrons. The second-order valence-corrected chi connectivity index (χ2v) is 7.96. The fraction of sp³-hybridized carbons (Fsp3) is 0.476. The summed E-state index contributed by atoms with van der Waals surface area (Å²) in [6, 6.07) is 4.78. The summed E-state index contributed by atoms with van der Waals surface area (Å²) in [6.07, 6.45) is -3.07. The second kappa shape index (κ2) is 9.46. The molecule has 12 heteroatoms. The average Bonchev–Trinajstić information content (AvgIpc) is 2.71. The summed E-state index contributed by atoms with van der Waals surface area (Å²) in [6.45, 7) is 5.25. The maximum Gasteiger partial charge on any atom is 0.413 e. The van der Waals surface area contributed by atoms with Gasteiger partial charge in [0.15, 0.2) is 0 Å². The van der Waals surface area contributed by atoms with Crippen molar-refractivity contribution in [3.8, 4) is 11.3 Å². The summed E-state index contributed by atoms with van der Waals surface area (Å²) >= 11 is 0. The number of pyridine rings is 2. The molecule has 1 saturated heterocycles. The molecule has 0 spiro atoms. The van der Waals surface area contributed by atoms with Gasteiger partial charge in [-0.25, -0.2) is 23.5 Å². The van der Waals surface area contributed by atoms with Crippen LogP contribution in [0.2, 0.25) is 0 Å². The number of hydrogen-bond acceptors (Lipinski definition) is 6. The quantitative estimate of drug-likeness (QED) is 0.630. The zero-order chi connectivity index (χ0) is 24.4. The molecule has 0 radical (unpaired) electrons. The normalized spacial score (nSPS) is 18.5. The summed E-state index contributed by atoms with van der Waals surface area (Å²) in [5.74, 6) is -2.14. The van der Waals surface area contributed by atoms with E-state index in [1.807, 2.05) is 11.8 Å². The number of aromatic nitrogens is 2. The molecule has 0 aromatic carbocycles. The Kier molecular flexibility index (Phi) is 7.06. The fourth-order valence-corrected chi connectivity index (χ4v) is 3.47. The molecular weight excluding hydrogens is 449 g/mol. The minimum Gasteiger partial charge on any atom is -0.444 e. The Bertz CT molecular complexity index is 1000. The van der Waals surface area contributed by atoms with E-state index in [1.54, 1.807) is 6.07 Å². The van der Waals surface area contributed by atoms with Gasteiger partial charge < -0.3 is 15.0 Å². The molecule has 4 heterocycles. The van der Waals surface area contributed by atoms with Gasteiger partial charge in [-0.3, -0.25) is 5.32 Å². The molecule has 1 unspecified atom stereocenters. The van der Waals surface area contributed by atoms with E-state index in [9.17, 15) is 26.7 Å². The molecule has 4 rings (SSSR count). The molecule has 2 aromatic heterocycles. The molecule has 2 aliphatic rings. The molecule has 1 atom stereocenters. The molecule has 2 aromatic rings. The lowest BCUT2D eigenvalue weighted by Crippen LogP contribution is -2.49. The van der Waals surface area contributed by atoms with Gasteiger partial charge in [-0.05, 0) is 25.1 Å². The van der Waals surface area contributed by atoms with Gasteiger partial charge in [0.05, 0.1) is 5.69 Å². The van der Waals surface area contributed by atoms with E-state index in [2.05, 4.69) is 20.6 Å². The number of cyclic esters (lactones) is 1. The van der Waals surface area contributed by atoms with Crippen molar-refractivity contribution in [2.45, 2.75) is 45.5 Å². The highest BCUT2D eigenvalue weighted by Crippen LogP contribution is 2.36. The molecule has 2 N–H and O–H groups in total. The number of nitrogens with zero attached hydrogens (tertiary/aromatic N) is 3. The fourth-order valence-electron chi connectivity index (χ4n) is 3.47. The summed E-state index contributed by atoms with van der Waals surface area (Å²) in [7, 11) is 0. The Morgan fingerprint density at radius 2 is 1.88 bits per heavy atom. The van der Waals surface area contributed by atoms with Gasteiger partial charge in [0.2, 0.25) is 0 Å². The highest BCUT2D eigenvalue weighted by molar-refractivity contribution is 5.88. The number of halogens is 5. The van der Waals surface area contributed by atoms with Crippen molar-refractivity contribution < 1.29 is 31.5 Å². The number of carbonyl (C=O) groups is 1. The van der Waals surface area contributed by atoms with Crippen LogP contribution in [0.5, 0.6) is 0 Å². The van der Waals surface area contributed by atoms with Crippen molar-refractivity contribution in [1.29, 1.82) is 0 Å². The number of fused-ring (bicyclic) bond motifs is 1. The summed E-state index contributed by atoms with van der Waals surface area (Å²) in [5.41, 5.74) is 1.52. The van der Waals surface area contributed by atoms with E-state index < -0.39 is 18.2 Å². The van der Waals surface area contributed by atoms with E-state index >= 15 is 0 Å². The van der Waals surface area contributed by atoms with Gasteiger partial charge in [0.1, 0.15) is 18.2 Å². The average molecular weight is 473 g/mol. The van der Waals surface area contributed by atoms with Crippen LogP contribution in [0.15, 0.2) is 24.4 Å². The Hall–Kier alpha value is -3.02. The van der Waals surface area contributed by atoms with E-state index in [1.165, 1.54) is 18.3 Å². The zero-order valence-electron chi connectivity index (χ0n) is 18.3. The van der Waals surface area contributed by atoms with E-state index in [0.29, 0.717) is 41.5 Å². The van der Waals surface area contributed by atoms with Gasteiger partial charge in [0.25, 0.3) is 5.92 Å². The number of piperazine rings is 1. The van der Waals surface area contributed by atoms with Gasteiger partial charge in [-0.1, -0.05) is 0 Å². The summed E-state index contributed by atoms with van der Waals surface area (Å²) < 4.78 is 64.5.